The Bertz CT molecular complexity index is 834. The smallest absolute Gasteiger partial charge is 0.248 e. The molecule has 0 aliphatic rings. The normalized spacial score (nSPS) is 10.7. The van der Waals surface area contributed by atoms with Gasteiger partial charge in [0.05, 0.1) is 0 Å². The highest BCUT2D eigenvalue weighted by atomic mass is 32.2. The van der Waals surface area contributed by atoms with Crippen molar-refractivity contribution in [1.29, 1.82) is 0 Å². The maximum absolute atomic E-state index is 12.0. The number of anilines is 1. The van der Waals surface area contributed by atoms with Crippen LogP contribution in [0.4, 0.5) is 5.69 Å². The molecule has 1 N–H and O–H groups in total. The van der Waals surface area contributed by atoms with Crippen molar-refractivity contribution in [2.75, 3.05) is 5.32 Å². The first-order chi connectivity index (χ1) is 12.3. The number of rotatable bonds is 6. The molecule has 0 aliphatic carbocycles. The van der Waals surface area contributed by atoms with E-state index in [0.717, 1.165) is 21.9 Å². The van der Waals surface area contributed by atoms with Crippen molar-refractivity contribution in [3.8, 4) is 0 Å². The number of nitrogens with zero attached hydrogens (tertiary/aromatic N) is 2. The second-order valence-electron chi connectivity index (χ2n) is 5.28. The lowest BCUT2D eigenvalue weighted by Gasteiger charge is -2.05. The molecule has 2 aromatic heterocycles. The summed E-state index contributed by atoms with van der Waals surface area (Å²) in [6.07, 6.45) is 10.3. The van der Waals surface area contributed by atoms with Gasteiger partial charge in [-0.1, -0.05) is 6.07 Å². The van der Waals surface area contributed by atoms with Gasteiger partial charge in [-0.15, -0.1) is 11.8 Å². The summed E-state index contributed by atoms with van der Waals surface area (Å²) in [6.45, 7) is 0. The number of carbonyl (C=O) groups excluding carboxylic acids is 1. The van der Waals surface area contributed by atoms with Gasteiger partial charge in [0.2, 0.25) is 5.91 Å². The summed E-state index contributed by atoms with van der Waals surface area (Å²) in [5.74, 6) is 0.710. The minimum Gasteiger partial charge on any atom is -0.323 e. The molecule has 4 nitrogen and oxygen atoms in total. The van der Waals surface area contributed by atoms with Gasteiger partial charge in [0.25, 0.3) is 0 Å². The lowest BCUT2D eigenvalue weighted by atomic mass is 10.2. The highest BCUT2D eigenvalue weighted by Gasteiger charge is 2.00. The minimum absolute atomic E-state index is 0.160. The van der Waals surface area contributed by atoms with Crippen molar-refractivity contribution in [2.24, 2.45) is 0 Å². The van der Waals surface area contributed by atoms with Crippen LogP contribution in [0.2, 0.25) is 0 Å². The molecular formula is C20H17N3OS. The number of benzene rings is 1. The Morgan fingerprint density at radius 1 is 1.00 bits per heavy atom. The Morgan fingerprint density at radius 3 is 2.52 bits per heavy atom. The van der Waals surface area contributed by atoms with Crippen LogP contribution < -0.4 is 5.32 Å². The van der Waals surface area contributed by atoms with Gasteiger partial charge in [0.1, 0.15) is 0 Å². The van der Waals surface area contributed by atoms with Crippen molar-refractivity contribution in [2.45, 2.75) is 10.6 Å². The van der Waals surface area contributed by atoms with E-state index >= 15 is 0 Å². The number of nitrogens with one attached hydrogen (secondary N) is 1. The first kappa shape index (κ1) is 16.9. The number of hydrogen-bond donors (Lipinski definition) is 1. The highest BCUT2D eigenvalue weighted by Crippen LogP contribution is 2.23. The Hall–Kier alpha value is -2.92. The van der Waals surface area contributed by atoms with Gasteiger partial charge in [-0.3, -0.25) is 14.8 Å². The van der Waals surface area contributed by atoms with E-state index in [4.69, 9.17) is 0 Å². The van der Waals surface area contributed by atoms with Gasteiger partial charge in [-0.25, -0.2) is 0 Å². The number of thioether (sulfide) groups is 1. The summed E-state index contributed by atoms with van der Waals surface area (Å²) in [6, 6.07) is 15.5. The first-order valence-electron chi connectivity index (χ1n) is 7.80. The largest absolute Gasteiger partial charge is 0.323 e. The number of hydrogen-bond acceptors (Lipinski definition) is 4. The molecule has 3 rings (SSSR count). The number of aromatic nitrogens is 2. The molecule has 0 unspecified atom stereocenters. The van der Waals surface area contributed by atoms with Crippen molar-refractivity contribution >= 4 is 29.4 Å². The average Bonchev–Trinajstić information content (AvgIpc) is 2.67. The summed E-state index contributed by atoms with van der Waals surface area (Å²) >= 11 is 1.74. The molecule has 0 aliphatic heterocycles. The molecule has 0 bridgehead atoms. The third-order valence-corrected chi connectivity index (χ3v) is 4.47. The summed E-state index contributed by atoms with van der Waals surface area (Å²) in [5, 5.41) is 2.85. The fourth-order valence-corrected chi connectivity index (χ4v) is 2.95. The summed E-state index contributed by atoms with van der Waals surface area (Å²) in [7, 11) is 0. The molecule has 0 radical (unpaired) electrons. The van der Waals surface area contributed by atoms with E-state index in [1.807, 2.05) is 48.7 Å². The second kappa shape index (κ2) is 8.80. The molecule has 0 fully saturated rings. The second-order valence-corrected chi connectivity index (χ2v) is 6.33. The van der Waals surface area contributed by atoms with Crippen LogP contribution in [-0.4, -0.2) is 15.9 Å². The van der Waals surface area contributed by atoms with Gasteiger partial charge < -0.3 is 5.32 Å². The molecule has 1 aromatic carbocycles. The predicted molar refractivity (Wildman–Crippen MR) is 102 cm³/mol. The number of carbonyl (C=O) groups is 1. The predicted octanol–water partition coefficient (Wildman–Crippen LogP) is 4.42. The minimum atomic E-state index is -0.160. The lowest BCUT2D eigenvalue weighted by Crippen LogP contribution is -2.07. The SMILES string of the molecule is O=C(/C=C/c1ccncc1)Nc1ccc(SCc2cccnc2)cc1. The Balaban J connectivity index is 1.52. The monoisotopic (exact) mass is 347 g/mol. The number of amides is 1. The highest BCUT2D eigenvalue weighted by molar-refractivity contribution is 7.98. The number of pyridine rings is 2. The van der Waals surface area contributed by atoms with Crippen molar-refractivity contribution < 1.29 is 4.79 Å². The van der Waals surface area contributed by atoms with Gasteiger partial charge >= 0.3 is 0 Å². The zero-order valence-electron chi connectivity index (χ0n) is 13.5. The van der Waals surface area contributed by atoms with Crippen molar-refractivity contribution in [3.05, 3.63) is 90.5 Å². The molecular weight excluding hydrogens is 330 g/mol. The Morgan fingerprint density at radius 2 is 1.80 bits per heavy atom. The zero-order valence-corrected chi connectivity index (χ0v) is 14.3. The topological polar surface area (TPSA) is 54.9 Å². The van der Waals surface area contributed by atoms with Crippen LogP contribution in [0.1, 0.15) is 11.1 Å². The van der Waals surface area contributed by atoms with Gasteiger partial charge in [-0.05, 0) is 59.7 Å². The molecule has 0 atom stereocenters. The van der Waals surface area contributed by atoms with Crippen molar-refractivity contribution in [1.82, 2.24) is 9.97 Å². The quantitative estimate of drug-likeness (QED) is 0.530. The maximum Gasteiger partial charge on any atom is 0.248 e. The lowest BCUT2D eigenvalue weighted by molar-refractivity contribution is -0.111. The molecule has 0 spiro atoms. The molecule has 124 valence electrons. The van der Waals surface area contributed by atoms with E-state index in [9.17, 15) is 4.79 Å². The fourth-order valence-electron chi connectivity index (χ4n) is 2.12. The van der Waals surface area contributed by atoms with E-state index in [-0.39, 0.29) is 5.91 Å². The van der Waals surface area contributed by atoms with E-state index < -0.39 is 0 Å². The van der Waals surface area contributed by atoms with Gasteiger partial charge in [-0.2, -0.15) is 0 Å². The average molecular weight is 347 g/mol. The molecule has 3 aromatic rings. The third kappa shape index (κ3) is 5.58. The van der Waals surface area contributed by atoms with Gasteiger partial charge in [0, 0.05) is 47.2 Å². The molecule has 0 saturated heterocycles. The van der Waals surface area contributed by atoms with Crippen LogP contribution in [0.15, 0.2) is 84.3 Å². The molecule has 2 heterocycles. The molecule has 25 heavy (non-hydrogen) atoms. The van der Waals surface area contributed by atoms with Crippen LogP contribution in [0.5, 0.6) is 0 Å². The van der Waals surface area contributed by atoms with Crippen molar-refractivity contribution in [3.63, 3.8) is 0 Å². The van der Waals surface area contributed by atoms with Gasteiger partial charge in [0.15, 0.2) is 0 Å². The Labute approximate surface area is 151 Å². The third-order valence-electron chi connectivity index (χ3n) is 3.38. The fraction of sp³-hybridized carbons (Fsp3) is 0.0500. The summed E-state index contributed by atoms with van der Waals surface area (Å²) < 4.78 is 0. The molecule has 5 heteroatoms. The molecule has 1 amide bonds. The zero-order chi connectivity index (χ0) is 17.3. The van der Waals surface area contributed by atoms with E-state index in [1.54, 1.807) is 36.4 Å². The standard InChI is InChI=1S/C20H17N3OS/c24-20(8-3-16-9-12-21-13-10-16)23-18-4-6-19(7-5-18)25-15-17-2-1-11-22-14-17/h1-14H,15H2,(H,23,24)/b8-3+. The van der Waals surface area contributed by atoms with E-state index in [2.05, 4.69) is 21.4 Å². The van der Waals surface area contributed by atoms with Crippen LogP contribution >= 0.6 is 11.8 Å². The first-order valence-corrected chi connectivity index (χ1v) is 8.79. The van der Waals surface area contributed by atoms with Crippen LogP contribution in [0, 0.1) is 0 Å². The van der Waals surface area contributed by atoms with Crippen LogP contribution in [0.25, 0.3) is 6.08 Å². The van der Waals surface area contributed by atoms with Crippen LogP contribution in [0.3, 0.4) is 0 Å². The maximum atomic E-state index is 12.0. The van der Waals surface area contributed by atoms with E-state index in [1.165, 1.54) is 11.6 Å². The van der Waals surface area contributed by atoms with Crippen LogP contribution in [-0.2, 0) is 10.5 Å². The molecule has 0 saturated carbocycles. The summed E-state index contributed by atoms with van der Waals surface area (Å²) in [4.78, 5) is 21.2. The summed E-state index contributed by atoms with van der Waals surface area (Å²) in [5.41, 5.74) is 2.90. The van der Waals surface area contributed by atoms with E-state index in [0.29, 0.717) is 0 Å². The Kier molecular flexibility index (Phi) is 5.96.